The summed E-state index contributed by atoms with van der Waals surface area (Å²) in [6.45, 7) is 4.47. The first-order valence-corrected chi connectivity index (χ1v) is 8.18. The minimum atomic E-state index is -0.183. The summed E-state index contributed by atoms with van der Waals surface area (Å²) in [4.78, 5) is 15.7. The van der Waals surface area contributed by atoms with Gasteiger partial charge in [0.05, 0.1) is 5.69 Å². The van der Waals surface area contributed by atoms with Crippen LogP contribution in [0.15, 0.2) is 18.2 Å². The van der Waals surface area contributed by atoms with Crippen LogP contribution in [0.2, 0.25) is 0 Å². The maximum Gasteiger partial charge on any atom is 0.220 e. The molecule has 2 heterocycles. The Hall–Kier alpha value is -1.62. The van der Waals surface area contributed by atoms with Crippen molar-refractivity contribution in [3.63, 3.8) is 0 Å². The number of anilines is 1. The van der Waals surface area contributed by atoms with Crippen molar-refractivity contribution in [2.24, 2.45) is 11.7 Å². The SMILES string of the molecule is NC(=O)C1CCN(Cc2ccc(F)c(N3CCCC3)c2)CC1. The smallest absolute Gasteiger partial charge is 0.220 e. The second kappa shape index (κ2) is 6.65. The van der Waals surface area contributed by atoms with Crippen molar-refractivity contribution in [3.05, 3.63) is 29.6 Å². The number of hydrogen-bond donors (Lipinski definition) is 1. The molecule has 0 spiro atoms. The largest absolute Gasteiger partial charge is 0.369 e. The Morgan fingerprint density at radius 3 is 2.50 bits per heavy atom. The van der Waals surface area contributed by atoms with Crippen LogP contribution < -0.4 is 10.6 Å². The Labute approximate surface area is 131 Å². The second-order valence-electron chi connectivity index (χ2n) is 6.43. The Morgan fingerprint density at radius 2 is 1.86 bits per heavy atom. The van der Waals surface area contributed by atoms with Crippen LogP contribution in [0.5, 0.6) is 0 Å². The molecule has 2 aliphatic heterocycles. The third-order valence-corrected chi connectivity index (χ3v) is 4.85. The monoisotopic (exact) mass is 305 g/mol. The molecular formula is C17H24FN3O. The summed E-state index contributed by atoms with van der Waals surface area (Å²) in [5.41, 5.74) is 7.24. The van der Waals surface area contributed by atoms with E-state index in [4.69, 9.17) is 5.73 Å². The maximum atomic E-state index is 14.0. The lowest BCUT2D eigenvalue weighted by Crippen LogP contribution is -2.38. The number of nitrogens with two attached hydrogens (primary N) is 1. The van der Waals surface area contributed by atoms with Gasteiger partial charge in [-0.3, -0.25) is 9.69 Å². The number of likely N-dealkylation sites (tertiary alicyclic amines) is 1. The molecule has 120 valence electrons. The molecule has 2 aliphatic rings. The lowest BCUT2D eigenvalue weighted by atomic mass is 9.96. The lowest BCUT2D eigenvalue weighted by molar-refractivity contribution is -0.123. The Balaban J connectivity index is 1.63. The fourth-order valence-corrected chi connectivity index (χ4v) is 3.49. The van der Waals surface area contributed by atoms with Gasteiger partial charge in [0.25, 0.3) is 0 Å². The molecule has 2 fully saturated rings. The third-order valence-electron chi connectivity index (χ3n) is 4.85. The quantitative estimate of drug-likeness (QED) is 0.927. The summed E-state index contributed by atoms with van der Waals surface area (Å²) in [7, 11) is 0. The normalized spacial score (nSPS) is 20.5. The van der Waals surface area contributed by atoms with Gasteiger partial charge in [-0.25, -0.2) is 4.39 Å². The lowest BCUT2D eigenvalue weighted by Gasteiger charge is -2.30. The van der Waals surface area contributed by atoms with E-state index in [9.17, 15) is 9.18 Å². The predicted molar refractivity (Wildman–Crippen MR) is 85.0 cm³/mol. The molecule has 1 amide bonds. The van der Waals surface area contributed by atoms with E-state index in [0.717, 1.165) is 69.7 Å². The number of halogens is 1. The topological polar surface area (TPSA) is 49.6 Å². The number of carbonyl (C=O) groups is 1. The highest BCUT2D eigenvalue weighted by Crippen LogP contribution is 2.26. The van der Waals surface area contributed by atoms with Crippen LogP contribution in [-0.4, -0.2) is 37.0 Å². The average Bonchev–Trinajstić information content (AvgIpc) is 3.04. The zero-order valence-electron chi connectivity index (χ0n) is 12.9. The summed E-state index contributed by atoms with van der Waals surface area (Å²) in [5, 5.41) is 0. The molecule has 0 saturated carbocycles. The van der Waals surface area contributed by atoms with Crippen LogP contribution in [0.4, 0.5) is 10.1 Å². The van der Waals surface area contributed by atoms with E-state index in [1.165, 1.54) is 0 Å². The maximum absolute atomic E-state index is 14.0. The summed E-state index contributed by atoms with van der Waals surface area (Å²) >= 11 is 0. The van der Waals surface area contributed by atoms with Crippen LogP contribution in [0.1, 0.15) is 31.2 Å². The minimum Gasteiger partial charge on any atom is -0.369 e. The molecule has 0 unspecified atom stereocenters. The summed E-state index contributed by atoms with van der Waals surface area (Å²) < 4.78 is 14.0. The fraction of sp³-hybridized carbons (Fsp3) is 0.588. The van der Waals surface area contributed by atoms with Gasteiger partial charge in [-0.05, 0) is 56.5 Å². The number of amides is 1. The molecule has 0 aliphatic carbocycles. The highest BCUT2D eigenvalue weighted by molar-refractivity contribution is 5.76. The molecule has 5 heteroatoms. The minimum absolute atomic E-state index is 0.0182. The van der Waals surface area contributed by atoms with Gasteiger partial charge in [0, 0.05) is 25.6 Å². The molecule has 0 radical (unpaired) electrons. The van der Waals surface area contributed by atoms with Crippen molar-refractivity contribution in [2.75, 3.05) is 31.1 Å². The predicted octanol–water partition coefficient (Wildman–Crippen LogP) is 2.12. The zero-order chi connectivity index (χ0) is 15.5. The Kier molecular flexibility index (Phi) is 4.62. The molecular weight excluding hydrogens is 281 g/mol. The average molecular weight is 305 g/mol. The molecule has 0 atom stereocenters. The van der Waals surface area contributed by atoms with Crippen molar-refractivity contribution in [3.8, 4) is 0 Å². The van der Waals surface area contributed by atoms with Crippen LogP contribution in [0.3, 0.4) is 0 Å². The molecule has 3 rings (SSSR count). The first-order valence-electron chi connectivity index (χ1n) is 8.18. The first-order chi connectivity index (χ1) is 10.6. The van der Waals surface area contributed by atoms with Gasteiger partial charge < -0.3 is 10.6 Å². The summed E-state index contributed by atoms with van der Waals surface area (Å²) in [5.74, 6) is -0.291. The second-order valence-corrected chi connectivity index (χ2v) is 6.43. The number of carbonyl (C=O) groups excluding carboxylic acids is 1. The van der Waals surface area contributed by atoms with Gasteiger partial charge in [-0.2, -0.15) is 0 Å². The zero-order valence-corrected chi connectivity index (χ0v) is 12.9. The van der Waals surface area contributed by atoms with Crippen molar-refractivity contribution >= 4 is 11.6 Å². The van der Waals surface area contributed by atoms with Crippen molar-refractivity contribution in [2.45, 2.75) is 32.2 Å². The van der Waals surface area contributed by atoms with Crippen LogP contribution in [0, 0.1) is 11.7 Å². The highest BCUT2D eigenvalue weighted by atomic mass is 19.1. The van der Waals surface area contributed by atoms with Gasteiger partial charge in [0.1, 0.15) is 5.82 Å². The summed E-state index contributed by atoms with van der Waals surface area (Å²) in [6, 6.07) is 5.44. The van der Waals surface area contributed by atoms with Crippen LogP contribution in [0.25, 0.3) is 0 Å². The summed E-state index contributed by atoms with van der Waals surface area (Å²) in [6.07, 6.45) is 3.94. The molecule has 2 N–H and O–H groups in total. The fourth-order valence-electron chi connectivity index (χ4n) is 3.49. The molecule has 2 saturated heterocycles. The van der Waals surface area contributed by atoms with E-state index in [2.05, 4.69) is 9.80 Å². The van der Waals surface area contributed by atoms with E-state index in [1.54, 1.807) is 6.07 Å². The molecule has 1 aromatic carbocycles. The number of benzene rings is 1. The molecule has 22 heavy (non-hydrogen) atoms. The molecule has 0 aromatic heterocycles. The van der Waals surface area contributed by atoms with E-state index >= 15 is 0 Å². The van der Waals surface area contributed by atoms with Gasteiger partial charge in [0.15, 0.2) is 0 Å². The van der Waals surface area contributed by atoms with Crippen molar-refractivity contribution < 1.29 is 9.18 Å². The first kappa shape index (κ1) is 15.3. The number of primary amides is 1. The molecule has 1 aromatic rings. The van der Waals surface area contributed by atoms with Gasteiger partial charge >= 0.3 is 0 Å². The Bertz CT molecular complexity index is 535. The van der Waals surface area contributed by atoms with E-state index in [-0.39, 0.29) is 17.6 Å². The number of hydrogen-bond acceptors (Lipinski definition) is 3. The van der Waals surface area contributed by atoms with Crippen LogP contribution >= 0.6 is 0 Å². The number of rotatable bonds is 4. The number of nitrogens with zero attached hydrogens (tertiary/aromatic N) is 2. The van der Waals surface area contributed by atoms with E-state index < -0.39 is 0 Å². The van der Waals surface area contributed by atoms with E-state index in [0.29, 0.717) is 0 Å². The Morgan fingerprint density at radius 1 is 1.18 bits per heavy atom. The third kappa shape index (κ3) is 3.40. The van der Waals surface area contributed by atoms with Gasteiger partial charge in [-0.1, -0.05) is 6.07 Å². The van der Waals surface area contributed by atoms with Crippen molar-refractivity contribution in [1.29, 1.82) is 0 Å². The highest BCUT2D eigenvalue weighted by Gasteiger charge is 2.23. The standard InChI is InChI=1S/C17H24FN3O/c18-15-4-3-13(11-16(15)21-7-1-2-8-21)12-20-9-5-14(6-10-20)17(19)22/h3-4,11,14H,1-2,5-10,12H2,(H2,19,22). The van der Waals surface area contributed by atoms with E-state index in [1.807, 2.05) is 12.1 Å². The van der Waals surface area contributed by atoms with Gasteiger partial charge in [-0.15, -0.1) is 0 Å². The number of piperidine rings is 1. The molecule has 4 nitrogen and oxygen atoms in total. The molecule has 0 bridgehead atoms. The van der Waals surface area contributed by atoms with Crippen LogP contribution in [-0.2, 0) is 11.3 Å². The van der Waals surface area contributed by atoms with Gasteiger partial charge in [0.2, 0.25) is 5.91 Å². The van der Waals surface area contributed by atoms with Crippen molar-refractivity contribution in [1.82, 2.24) is 4.90 Å².